The summed E-state index contributed by atoms with van der Waals surface area (Å²) in [6, 6.07) is 4.91. The standard InChI is InChI=1S/C17H21NO3S/c1-12(19)13-7-8-17(22(2,20)21)16(9-13)18-10-14-5-3-4-6-15(14)11-18/h3-4,7-9,14-15H,5-6,10-11H2,1-2H3/t14-,15+. The molecule has 1 saturated heterocycles. The topological polar surface area (TPSA) is 54.5 Å². The van der Waals surface area contributed by atoms with Crippen molar-refractivity contribution in [3.8, 4) is 0 Å². The minimum absolute atomic E-state index is 0.0421. The second kappa shape index (κ2) is 5.54. The smallest absolute Gasteiger partial charge is 0.177 e. The van der Waals surface area contributed by atoms with Gasteiger partial charge in [0, 0.05) is 24.9 Å². The SMILES string of the molecule is CC(=O)c1ccc(S(C)(=O)=O)c(N2C[C@H]3CC=CC[C@H]3C2)c1. The first-order valence-electron chi connectivity index (χ1n) is 7.61. The van der Waals surface area contributed by atoms with Crippen LogP contribution in [0.2, 0.25) is 0 Å². The molecule has 3 rings (SSSR count). The number of rotatable bonds is 3. The average molecular weight is 319 g/mol. The van der Waals surface area contributed by atoms with E-state index in [0.717, 1.165) is 25.9 Å². The fourth-order valence-corrected chi connectivity index (χ4v) is 4.39. The molecule has 0 saturated carbocycles. The fourth-order valence-electron chi connectivity index (χ4n) is 3.51. The van der Waals surface area contributed by atoms with Crippen LogP contribution in [0, 0.1) is 11.8 Å². The van der Waals surface area contributed by atoms with Gasteiger partial charge in [-0.25, -0.2) is 8.42 Å². The summed E-state index contributed by atoms with van der Waals surface area (Å²) in [5, 5.41) is 0. The van der Waals surface area contributed by atoms with E-state index >= 15 is 0 Å². The largest absolute Gasteiger partial charge is 0.370 e. The number of carbonyl (C=O) groups excluding carboxylic acids is 1. The van der Waals surface area contributed by atoms with E-state index in [9.17, 15) is 13.2 Å². The van der Waals surface area contributed by atoms with Crippen LogP contribution in [-0.4, -0.2) is 33.5 Å². The lowest BCUT2D eigenvalue weighted by Crippen LogP contribution is -2.22. The van der Waals surface area contributed by atoms with Crippen LogP contribution in [0.5, 0.6) is 0 Å². The number of Topliss-reactive ketones (excluding diaryl/α,β-unsaturated/α-hetero) is 1. The second-order valence-corrected chi connectivity index (χ2v) is 8.36. The summed E-state index contributed by atoms with van der Waals surface area (Å²) < 4.78 is 24.2. The zero-order valence-corrected chi connectivity index (χ0v) is 13.8. The van der Waals surface area contributed by atoms with Gasteiger partial charge in [0.25, 0.3) is 0 Å². The van der Waals surface area contributed by atoms with Gasteiger partial charge in [-0.15, -0.1) is 0 Å². The lowest BCUT2D eigenvalue weighted by atomic mass is 9.86. The molecule has 1 aromatic carbocycles. The number of benzene rings is 1. The Bertz CT molecular complexity index is 720. The molecule has 22 heavy (non-hydrogen) atoms. The minimum atomic E-state index is -3.31. The van der Waals surface area contributed by atoms with Gasteiger partial charge in [0.15, 0.2) is 15.6 Å². The molecule has 2 aliphatic rings. The number of sulfone groups is 1. The van der Waals surface area contributed by atoms with Crippen LogP contribution in [-0.2, 0) is 9.84 Å². The van der Waals surface area contributed by atoms with Crippen LogP contribution in [0.4, 0.5) is 5.69 Å². The zero-order valence-electron chi connectivity index (χ0n) is 13.0. The van der Waals surface area contributed by atoms with Crippen molar-refractivity contribution in [1.29, 1.82) is 0 Å². The Hall–Kier alpha value is -1.62. The maximum absolute atomic E-state index is 12.1. The minimum Gasteiger partial charge on any atom is -0.370 e. The number of anilines is 1. The van der Waals surface area contributed by atoms with Crippen molar-refractivity contribution in [2.45, 2.75) is 24.7 Å². The molecule has 1 aromatic rings. The molecule has 0 N–H and O–H groups in total. The van der Waals surface area contributed by atoms with Crippen molar-refractivity contribution in [2.75, 3.05) is 24.2 Å². The number of carbonyl (C=O) groups is 1. The quantitative estimate of drug-likeness (QED) is 0.635. The summed E-state index contributed by atoms with van der Waals surface area (Å²) in [5.74, 6) is 1.12. The van der Waals surface area contributed by atoms with Crippen molar-refractivity contribution < 1.29 is 13.2 Å². The molecular formula is C17H21NO3S. The highest BCUT2D eigenvalue weighted by molar-refractivity contribution is 7.90. The average Bonchev–Trinajstić information content (AvgIpc) is 2.89. The third-order valence-electron chi connectivity index (χ3n) is 4.73. The van der Waals surface area contributed by atoms with Crippen molar-refractivity contribution in [3.63, 3.8) is 0 Å². The van der Waals surface area contributed by atoms with Crippen molar-refractivity contribution in [1.82, 2.24) is 0 Å². The number of fused-ring (bicyclic) bond motifs is 1. The van der Waals surface area contributed by atoms with Crippen LogP contribution in [0.25, 0.3) is 0 Å². The Morgan fingerprint density at radius 1 is 1.14 bits per heavy atom. The van der Waals surface area contributed by atoms with Gasteiger partial charge in [0.2, 0.25) is 0 Å². The van der Waals surface area contributed by atoms with Gasteiger partial charge in [-0.2, -0.15) is 0 Å². The molecular weight excluding hydrogens is 298 g/mol. The summed E-state index contributed by atoms with van der Waals surface area (Å²) in [6.45, 7) is 3.23. The van der Waals surface area contributed by atoms with E-state index < -0.39 is 9.84 Å². The molecule has 0 spiro atoms. The van der Waals surface area contributed by atoms with Gasteiger partial charge in [-0.3, -0.25) is 4.79 Å². The Morgan fingerprint density at radius 2 is 1.73 bits per heavy atom. The van der Waals surface area contributed by atoms with E-state index in [4.69, 9.17) is 0 Å². The van der Waals surface area contributed by atoms with Gasteiger partial charge < -0.3 is 4.90 Å². The zero-order chi connectivity index (χ0) is 15.9. The molecule has 1 aliphatic carbocycles. The van der Waals surface area contributed by atoms with Gasteiger partial charge >= 0.3 is 0 Å². The monoisotopic (exact) mass is 319 g/mol. The van der Waals surface area contributed by atoms with Crippen molar-refractivity contribution in [2.24, 2.45) is 11.8 Å². The van der Waals surface area contributed by atoms with E-state index in [0.29, 0.717) is 28.0 Å². The molecule has 0 unspecified atom stereocenters. The Balaban J connectivity index is 2.01. The molecule has 1 fully saturated rings. The maximum Gasteiger partial charge on any atom is 0.177 e. The van der Waals surface area contributed by atoms with E-state index in [2.05, 4.69) is 17.1 Å². The molecule has 0 radical (unpaired) electrons. The Kier molecular flexibility index (Phi) is 3.85. The lowest BCUT2D eigenvalue weighted by Gasteiger charge is -2.22. The van der Waals surface area contributed by atoms with E-state index in [1.807, 2.05) is 0 Å². The summed E-state index contributed by atoms with van der Waals surface area (Å²) in [5.41, 5.74) is 1.25. The Labute approximate surface area is 131 Å². The molecule has 0 bridgehead atoms. The highest BCUT2D eigenvalue weighted by atomic mass is 32.2. The molecule has 1 aliphatic heterocycles. The van der Waals surface area contributed by atoms with Crippen molar-refractivity contribution in [3.05, 3.63) is 35.9 Å². The normalized spacial score (nSPS) is 24.4. The molecule has 0 amide bonds. The summed E-state index contributed by atoms with van der Waals surface area (Å²) in [6.07, 6.45) is 7.77. The van der Waals surface area contributed by atoms with Gasteiger partial charge in [-0.05, 0) is 49.8 Å². The van der Waals surface area contributed by atoms with Crippen LogP contribution in [0.1, 0.15) is 30.1 Å². The third-order valence-corrected chi connectivity index (χ3v) is 5.87. The van der Waals surface area contributed by atoms with Crippen LogP contribution >= 0.6 is 0 Å². The number of hydrogen-bond donors (Lipinski definition) is 0. The highest BCUT2D eigenvalue weighted by Gasteiger charge is 2.34. The Morgan fingerprint density at radius 3 is 2.23 bits per heavy atom. The van der Waals surface area contributed by atoms with Crippen molar-refractivity contribution >= 4 is 21.3 Å². The van der Waals surface area contributed by atoms with Crippen LogP contribution in [0.15, 0.2) is 35.2 Å². The van der Waals surface area contributed by atoms with Gasteiger partial charge in [-0.1, -0.05) is 12.2 Å². The molecule has 4 nitrogen and oxygen atoms in total. The number of allylic oxidation sites excluding steroid dienone is 2. The van der Waals surface area contributed by atoms with E-state index in [1.165, 1.54) is 13.2 Å². The fraction of sp³-hybridized carbons (Fsp3) is 0.471. The van der Waals surface area contributed by atoms with E-state index in [-0.39, 0.29) is 5.78 Å². The second-order valence-electron chi connectivity index (χ2n) is 6.38. The molecule has 0 aromatic heterocycles. The summed E-state index contributed by atoms with van der Waals surface area (Å²) >= 11 is 0. The first kappa shape index (κ1) is 15.3. The molecule has 118 valence electrons. The maximum atomic E-state index is 12.1. The van der Waals surface area contributed by atoms with Crippen LogP contribution in [0.3, 0.4) is 0 Å². The molecule has 5 heteroatoms. The van der Waals surface area contributed by atoms with E-state index in [1.54, 1.807) is 18.2 Å². The van der Waals surface area contributed by atoms with Crippen LogP contribution < -0.4 is 4.90 Å². The molecule has 1 heterocycles. The van der Waals surface area contributed by atoms with Gasteiger partial charge in [0.1, 0.15) is 0 Å². The summed E-state index contributed by atoms with van der Waals surface area (Å²) in [4.78, 5) is 14.1. The first-order chi connectivity index (χ1) is 10.4. The highest BCUT2D eigenvalue weighted by Crippen LogP contribution is 2.38. The number of ketones is 1. The number of nitrogens with zero attached hydrogens (tertiary/aromatic N) is 1. The molecule has 2 atom stereocenters. The first-order valence-corrected chi connectivity index (χ1v) is 9.50. The number of hydrogen-bond acceptors (Lipinski definition) is 4. The summed E-state index contributed by atoms with van der Waals surface area (Å²) in [7, 11) is -3.31. The predicted octanol–water partition coefficient (Wildman–Crippen LogP) is 2.70. The van der Waals surface area contributed by atoms with Gasteiger partial charge in [0.05, 0.1) is 10.6 Å². The lowest BCUT2D eigenvalue weighted by molar-refractivity contribution is 0.101. The third kappa shape index (κ3) is 2.82. The predicted molar refractivity (Wildman–Crippen MR) is 87.1 cm³/mol.